The highest BCUT2D eigenvalue weighted by Crippen LogP contribution is 2.21. The third-order valence-electron chi connectivity index (χ3n) is 2.89. The molecular formula is C15H18ClN3O2S. The number of benzene rings is 1. The molecule has 0 unspecified atom stereocenters. The Kier molecular flexibility index (Phi) is 4.93. The van der Waals surface area contributed by atoms with Crippen LogP contribution in [0.4, 0.5) is 11.5 Å². The van der Waals surface area contributed by atoms with E-state index in [9.17, 15) is 8.42 Å². The Morgan fingerprint density at radius 3 is 2.45 bits per heavy atom. The number of sulfonamides is 1. The summed E-state index contributed by atoms with van der Waals surface area (Å²) in [6, 6.07) is 8.22. The lowest BCUT2D eigenvalue weighted by atomic mass is 10.2. The van der Waals surface area contributed by atoms with Gasteiger partial charge in [-0.15, -0.1) is 0 Å². The fraction of sp³-hybridized carbons (Fsp3) is 0.267. The van der Waals surface area contributed by atoms with Crippen LogP contribution in [0, 0.1) is 6.92 Å². The molecule has 0 aliphatic carbocycles. The molecule has 1 heterocycles. The number of pyridine rings is 1. The molecule has 0 saturated heterocycles. The van der Waals surface area contributed by atoms with Gasteiger partial charge in [0.05, 0.1) is 16.8 Å². The summed E-state index contributed by atoms with van der Waals surface area (Å²) in [5.41, 5.74) is 1.11. The molecule has 2 aromatic rings. The van der Waals surface area contributed by atoms with Crippen LogP contribution in [0.3, 0.4) is 0 Å². The lowest BCUT2D eigenvalue weighted by Crippen LogP contribution is -2.14. The lowest BCUT2D eigenvalue weighted by molar-refractivity contribution is 0.601. The highest BCUT2D eigenvalue weighted by molar-refractivity contribution is 7.92. The van der Waals surface area contributed by atoms with E-state index < -0.39 is 10.0 Å². The van der Waals surface area contributed by atoms with Gasteiger partial charge in [0, 0.05) is 11.1 Å². The quantitative estimate of drug-likeness (QED) is 0.872. The topological polar surface area (TPSA) is 71.1 Å². The summed E-state index contributed by atoms with van der Waals surface area (Å²) in [5, 5.41) is 3.67. The highest BCUT2D eigenvalue weighted by Gasteiger charge is 2.15. The average Bonchev–Trinajstić information content (AvgIpc) is 2.43. The number of nitrogens with zero attached hydrogens (tertiary/aromatic N) is 1. The van der Waals surface area contributed by atoms with E-state index in [-0.39, 0.29) is 10.9 Å². The highest BCUT2D eigenvalue weighted by atomic mass is 35.5. The average molecular weight is 340 g/mol. The minimum absolute atomic E-state index is 0.166. The Bertz CT molecular complexity index is 759. The zero-order chi connectivity index (χ0) is 16.3. The molecule has 118 valence electrons. The van der Waals surface area contributed by atoms with Gasteiger partial charge >= 0.3 is 0 Å². The maximum atomic E-state index is 12.3. The van der Waals surface area contributed by atoms with Crippen LogP contribution in [0.15, 0.2) is 41.4 Å². The number of anilines is 2. The van der Waals surface area contributed by atoms with Crippen LogP contribution in [0.25, 0.3) is 0 Å². The molecule has 0 radical (unpaired) electrons. The van der Waals surface area contributed by atoms with E-state index in [4.69, 9.17) is 11.6 Å². The van der Waals surface area contributed by atoms with Crippen LogP contribution in [-0.2, 0) is 10.0 Å². The van der Waals surface area contributed by atoms with Crippen molar-refractivity contribution in [2.24, 2.45) is 0 Å². The number of halogens is 1. The van der Waals surface area contributed by atoms with Gasteiger partial charge in [0.25, 0.3) is 10.0 Å². The van der Waals surface area contributed by atoms with Gasteiger partial charge in [-0.2, -0.15) is 0 Å². The molecule has 0 amide bonds. The Hall–Kier alpha value is -1.79. The van der Waals surface area contributed by atoms with Gasteiger partial charge in [-0.25, -0.2) is 13.4 Å². The first kappa shape index (κ1) is 16.6. The van der Waals surface area contributed by atoms with Crippen LogP contribution < -0.4 is 10.0 Å². The Morgan fingerprint density at radius 2 is 1.91 bits per heavy atom. The molecule has 1 aromatic heterocycles. The van der Waals surface area contributed by atoms with Gasteiger partial charge in [0.2, 0.25) is 0 Å². The van der Waals surface area contributed by atoms with Gasteiger partial charge in [0.1, 0.15) is 5.82 Å². The maximum absolute atomic E-state index is 12.3. The molecular weight excluding hydrogens is 322 g/mol. The van der Waals surface area contributed by atoms with E-state index in [0.29, 0.717) is 22.1 Å². The zero-order valence-corrected chi connectivity index (χ0v) is 14.2. The van der Waals surface area contributed by atoms with E-state index in [0.717, 1.165) is 0 Å². The molecule has 7 heteroatoms. The minimum Gasteiger partial charge on any atom is -0.368 e. The van der Waals surface area contributed by atoms with Crippen molar-refractivity contribution >= 4 is 33.1 Å². The fourth-order valence-corrected chi connectivity index (χ4v) is 3.08. The molecule has 22 heavy (non-hydrogen) atoms. The molecule has 0 bridgehead atoms. The van der Waals surface area contributed by atoms with Crippen LogP contribution in [0.2, 0.25) is 5.02 Å². The molecule has 5 nitrogen and oxygen atoms in total. The maximum Gasteiger partial charge on any atom is 0.261 e. The van der Waals surface area contributed by atoms with Gasteiger partial charge in [-0.05, 0) is 56.7 Å². The van der Waals surface area contributed by atoms with Crippen molar-refractivity contribution in [1.29, 1.82) is 0 Å². The monoisotopic (exact) mass is 339 g/mol. The van der Waals surface area contributed by atoms with Crippen molar-refractivity contribution in [3.05, 3.63) is 47.1 Å². The molecule has 0 aliphatic rings. The van der Waals surface area contributed by atoms with E-state index in [1.165, 1.54) is 18.3 Å². The molecule has 0 spiro atoms. The normalized spacial score (nSPS) is 11.5. The lowest BCUT2D eigenvalue weighted by Gasteiger charge is -2.11. The molecule has 0 atom stereocenters. The van der Waals surface area contributed by atoms with E-state index in [1.807, 2.05) is 13.8 Å². The van der Waals surface area contributed by atoms with Crippen LogP contribution in [0.1, 0.15) is 19.4 Å². The summed E-state index contributed by atoms with van der Waals surface area (Å²) in [5.74, 6) is 0.695. The van der Waals surface area contributed by atoms with Crippen molar-refractivity contribution < 1.29 is 8.42 Å². The number of nitrogens with one attached hydrogen (secondary N) is 2. The smallest absolute Gasteiger partial charge is 0.261 e. The van der Waals surface area contributed by atoms with Crippen LogP contribution in [0.5, 0.6) is 0 Å². The second-order valence-corrected chi connectivity index (χ2v) is 7.34. The standard InChI is InChI=1S/C15H18ClN3O2S/c1-10(2)18-15-7-4-12(9-17-15)19-22(20,21)13-5-6-14(16)11(3)8-13/h4-10,19H,1-3H3,(H,17,18). The number of hydrogen-bond donors (Lipinski definition) is 2. The summed E-state index contributed by atoms with van der Waals surface area (Å²) < 4.78 is 27.2. The van der Waals surface area contributed by atoms with E-state index in [1.54, 1.807) is 25.1 Å². The third-order valence-corrected chi connectivity index (χ3v) is 4.70. The second kappa shape index (κ2) is 6.54. The molecule has 0 fully saturated rings. The summed E-state index contributed by atoms with van der Waals surface area (Å²) in [6.07, 6.45) is 1.48. The van der Waals surface area contributed by atoms with Crippen molar-refractivity contribution in [2.45, 2.75) is 31.7 Å². The van der Waals surface area contributed by atoms with Gasteiger partial charge in [-0.3, -0.25) is 4.72 Å². The Morgan fingerprint density at radius 1 is 1.18 bits per heavy atom. The van der Waals surface area contributed by atoms with Gasteiger partial charge in [0.15, 0.2) is 0 Å². The largest absolute Gasteiger partial charge is 0.368 e. The summed E-state index contributed by atoms with van der Waals surface area (Å²) in [6.45, 7) is 5.76. The first-order valence-electron chi connectivity index (χ1n) is 6.79. The first-order chi connectivity index (χ1) is 10.3. The van der Waals surface area contributed by atoms with Gasteiger partial charge < -0.3 is 5.32 Å². The van der Waals surface area contributed by atoms with Crippen LogP contribution in [-0.4, -0.2) is 19.4 Å². The molecule has 0 saturated carbocycles. The third kappa shape index (κ3) is 4.11. The Labute approximate surface area is 135 Å². The Balaban J connectivity index is 2.19. The minimum atomic E-state index is -3.66. The van der Waals surface area contributed by atoms with Gasteiger partial charge in [-0.1, -0.05) is 11.6 Å². The summed E-state index contributed by atoms with van der Waals surface area (Å²) in [7, 11) is -3.66. The van der Waals surface area contributed by atoms with Crippen molar-refractivity contribution in [1.82, 2.24) is 4.98 Å². The number of aryl methyl sites for hydroxylation is 1. The number of hydrogen-bond acceptors (Lipinski definition) is 4. The predicted molar refractivity (Wildman–Crippen MR) is 90.0 cm³/mol. The molecule has 1 aromatic carbocycles. The zero-order valence-electron chi connectivity index (χ0n) is 12.6. The molecule has 2 rings (SSSR count). The fourth-order valence-electron chi connectivity index (χ4n) is 1.83. The summed E-state index contributed by atoms with van der Waals surface area (Å²) in [4.78, 5) is 4.33. The first-order valence-corrected chi connectivity index (χ1v) is 8.65. The molecule has 0 aliphatic heterocycles. The summed E-state index contributed by atoms with van der Waals surface area (Å²) >= 11 is 5.92. The molecule has 2 N–H and O–H groups in total. The van der Waals surface area contributed by atoms with Crippen LogP contribution >= 0.6 is 11.6 Å². The number of aromatic nitrogens is 1. The SMILES string of the molecule is Cc1cc(S(=O)(=O)Nc2ccc(NC(C)C)nc2)ccc1Cl. The predicted octanol–water partition coefficient (Wildman–Crippen LogP) is 3.66. The van der Waals surface area contributed by atoms with E-state index in [2.05, 4.69) is 15.0 Å². The van der Waals surface area contributed by atoms with Crippen molar-refractivity contribution in [2.75, 3.05) is 10.0 Å². The number of rotatable bonds is 5. The second-order valence-electron chi connectivity index (χ2n) is 5.25. The van der Waals surface area contributed by atoms with E-state index >= 15 is 0 Å². The van der Waals surface area contributed by atoms with Crippen molar-refractivity contribution in [3.8, 4) is 0 Å². The van der Waals surface area contributed by atoms with Crippen molar-refractivity contribution in [3.63, 3.8) is 0 Å².